The first-order chi connectivity index (χ1) is 10.9. The highest BCUT2D eigenvalue weighted by atomic mass is 35.5. The molecule has 0 radical (unpaired) electrons. The van der Waals surface area contributed by atoms with Gasteiger partial charge >= 0.3 is 0 Å². The molecular formula is C14H7ClFN3O3S. The van der Waals surface area contributed by atoms with Gasteiger partial charge in [-0.05, 0) is 30.3 Å². The van der Waals surface area contributed by atoms with E-state index in [1.54, 1.807) is 0 Å². The summed E-state index contributed by atoms with van der Waals surface area (Å²) in [6.07, 6.45) is 0. The van der Waals surface area contributed by atoms with Crippen molar-refractivity contribution in [2.24, 2.45) is 0 Å². The molecule has 3 aromatic rings. The van der Waals surface area contributed by atoms with Crippen LogP contribution in [0, 0.1) is 15.9 Å². The molecule has 3 rings (SSSR count). The summed E-state index contributed by atoms with van der Waals surface area (Å²) in [6.45, 7) is 0. The molecule has 0 aliphatic heterocycles. The van der Waals surface area contributed by atoms with Crippen LogP contribution in [-0.2, 0) is 0 Å². The number of rotatable bonds is 3. The summed E-state index contributed by atoms with van der Waals surface area (Å²) < 4.78 is 13.7. The Bertz CT molecular complexity index is 944. The van der Waals surface area contributed by atoms with Crippen LogP contribution in [-0.4, -0.2) is 15.8 Å². The number of anilines is 1. The summed E-state index contributed by atoms with van der Waals surface area (Å²) in [5.74, 6) is -0.961. The van der Waals surface area contributed by atoms with E-state index in [2.05, 4.69) is 10.3 Å². The van der Waals surface area contributed by atoms with E-state index >= 15 is 0 Å². The molecule has 0 atom stereocenters. The average molecular weight is 352 g/mol. The zero-order valence-corrected chi connectivity index (χ0v) is 12.8. The second kappa shape index (κ2) is 5.90. The van der Waals surface area contributed by atoms with Crippen LogP contribution in [0.3, 0.4) is 0 Å². The number of carbonyl (C=O) groups is 1. The Balaban J connectivity index is 1.88. The molecule has 0 saturated carbocycles. The van der Waals surface area contributed by atoms with Crippen LogP contribution in [0.25, 0.3) is 10.2 Å². The van der Waals surface area contributed by atoms with Crippen molar-refractivity contribution in [1.29, 1.82) is 0 Å². The number of thiazole rings is 1. The lowest BCUT2D eigenvalue weighted by molar-refractivity contribution is -0.384. The Morgan fingerprint density at radius 1 is 1.30 bits per heavy atom. The molecule has 0 fully saturated rings. The molecule has 1 amide bonds. The van der Waals surface area contributed by atoms with Crippen molar-refractivity contribution in [1.82, 2.24) is 4.98 Å². The quantitative estimate of drug-likeness (QED) is 0.564. The maximum Gasteiger partial charge on any atom is 0.288 e. The Morgan fingerprint density at radius 3 is 2.83 bits per heavy atom. The lowest BCUT2D eigenvalue weighted by Crippen LogP contribution is -2.11. The topological polar surface area (TPSA) is 85.1 Å². The molecule has 6 nitrogen and oxygen atoms in total. The first kappa shape index (κ1) is 15.3. The molecule has 116 valence electrons. The summed E-state index contributed by atoms with van der Waals surface area (Å²) in [7, 11) is 0. The largest absolute Gasteiger partial charge is 0.298 e. The molecule has 0 saturated heterocycles. The zero-order chi connectivity index (χ0) is 16.6. The lowest BCUT2D eigenvalue weighted by atomic mass is 10.2. The molecule has 1 heterocycles. The minimum atomic E-state index is -0.667. The van der Waals surface area contributed by atoms with Crippen LogP contribution in [0.2, 0.25) is 5.02 Å². The molecule has 9 heteroatoms. The van der Waals surface area contributed by atoms with Gasteiger partial charge in [0.05, 0.1) is 15.1 Å². The maximum atomic E-state index is 13.1. The Kier molecular flexibility index (Phi) is 3.93. The number of nitro benzene ring substituents is 1. The van der Waals surface area contributed by atoms with Crippen molar-refractivity contribution < 1.29 is 14.1 Å². The van der Waals surface area contributed by atoms with Crippen molar-refractivity contribution in [3.8, 4) is 0 Å². The molecular weight excluding hydrogens is 345 g/mol. The van der Waals surface area contributed by atoms with Crippen LogP contribution in [0.1, 0.15) is 10.4 Å². The minimum absolute atomic E-state index is 0.0537. The summed E-state index contributed by atoms with van der Waals surface area (Å²) in [6, 6.07) is 7.83. The van der Waals surface area contributed by atoms with E-state index in [-0.39, 0.29) is 21.4 Å². The van der Waals surface area contributed by atoms with Gasteiger partial charge in [0.1, 0.15) is 10.8 Å². The predicted octanol–water partition coefficient (Wildman–Crippen LogP) is 4.25. The van der Waals surface area contributed by atoms with E-state index in [4.69, 9.17) is 11.6 Å². The fourth-order valence-electron chi connectivity index (χ4n) is 1.92. The summed E-state index contributed by atoms with van der Waals surface area (Å²) >= 11 is 6.81. The monoisotopic (exact) mass is 351 g/mol. The Hall–Kier alpha value is -2.58. The van der Waals surface area contributed by atoms with Crippen molar-refractivity contribution in [2.75, 3.05) is 5.32 Å². The molecule has 1 aromatic heterocycles. The molecule has 0 unspecified atom stereocenters. The highest BCUT2D eigenvalue weighted by molar-refractivity contribution is 7.22. The summed E-state index contributed by atoms with van der Waals surface area (Å²) in [4.78, 5) is 26.5. The molecule has 0 spiro atoms. The molecule has 0 aliphatic carbocycles. The number of carbonyl (C=O) groups excluding carboxylic acids is 1. The van der Waals surface area contributed by atoms with Crippen molar-refractivity contribution in [3.63, 3.8) is 0 Å². The molecule has 0 aliphatic rings. The second-order valence-corrected chi connectivity index (χ2v) is 5.95. The van der Waals surface area contributed by atoms with E-state index in [9.17, 15) is 19.3 Å². The van der Waals surface area contributed by atoms with Gasteiger partial charge in [0.15, 0.2) is 5.13 Å². The number of hydrogen-bond donors (Lipinski definition) is 1. The third-order valence-electron chi connectivity index (χ3n) is 2.98. The number of hydrogen-bond acceptors (Lipinski definition) is 5. The molecule has 2 aromatic carbocycles. The van der Waals surface area contributed by atoms with E-state index in [1.165, 1.54) is 30.3 Å². The van der Waals surface area contributed by atoms with Gasteiger partial charge in [-0.25, -0.2) is 9.37 Å². The Labute approximate surface area is 137 Å². The highest BCUT2D eigenvalue weighted by Crippen LogP contribution is 2.28. The zero-order valence-electron chi connectivity index (χ0n) is 11.2. The number of benzene rings is 2. The van der Waals surface area contributed by atoms with Crippen LogP contribution < -0.4 is 5.32 Å². The molecule has 23 heavy (non-hydrogen) atoms. The smallest absolute Gasteiger partial charge is 0.288 e. The first-order valence-electron chi connectivity index (χ1n) is 6.25. The van der Waals surface area contributed by atoms with Gasteiger partial charge in [-0.3, -0.25) is 20.2 Å². The van der Waals surface area contributed by atoms with Crippen LogP contribution in [0.5, 0.6) is 0 Å². The highest BCUT2D eigenvalue weighted by Gasteiger charge is 2.17. The van der Waals surface area contributed by atoms with Crippen LogP contribution in [0.4, 0.5) is 15.2 Å². The number of nitrogens with zero attached hydrogens (tertiary/aromatic N) is 2. The van der Waals surface area contributed by atoms with E-state index in [0.717, 1.165) is 17.4 Å². The first-order valence-corrected chi connectivity index (χ1v) is 7.45. The van der Waals surface area contributed by atoms with Gasteiger partial charge in [0.25, 0.3) is 11.6 Å². The number of nitro groups is 1. The fourth-order valence-corrected chi connectivity index (χ4v) is 2.99. The lowest BCUT2D eigenvalue weighted by Gasteiger charge is -2.02. The number of halogens is 2. The number of aromatic nitrogens is 1. The number of amides is 1. The number of nitrogens with one attached hydrogen (secondary N) is 1. The third-order valence-corrected chi connectivity index (χ3v) is 4.23. The van der Waals surface area contributed by atoms with Crippen LogP contribution in [0.15, 0.2) is 36.4 Å². The fraction of sp³-hybridized carbons (Fsp3) is 0. The van der Waals surface area contributed by atoms with Crippen LogP contribution >= 0.6 is 22.9 Å². The van der Waals surface area contributed by atoms with E-state index in [0.29, 0.717) is 10.2 Å². The molecule has 0 bridgehead atoms. The van der Waals surface area contributed by atoms with Gasteiger partial charge in [0, 0.05) is 11.6 Å². The predicted molar refractivity (Wildman–Crippen MR) is 85.6 cm³/mol. The summed E-state index contributed by atoms with van der Waals surface area (Å²) in [5, 5.41) is 13.6. The van der Waals surface area contributed by atoms with Crippen molar-refractivity contribution in [3.05, 3.63) is 62.9 Å². The average Bonchev–Trinajstić information content (AvgIpc) is 2.88. The van der Waals surface area contributed by atoms with Crippen molar-refractivity contribution >= 4 is 49.9 Å². The summed E-state index contributed by atoms with van der Waals surface area (Å²) in [5.41, 5.74) is 0.269. The standard InChI is InChI=1S/C14H7ClFN3O3S/c15-9-3-1-7(5-11(9)19(21)22)13(20)18-14-17-10-4-2-8(16)6-12(10)23-14/h1-6H,(H,17,18,20). The van der Waals surface area contributed by atoms with Gasteiger partial charge in [-0.15, -0.1) is 0 Å². The van der Waals surface area contributed by atoms with E-state index in [1.807, 2.05) is 0 Å². The SMILES string of the molecule is O=C(Nc1nc2ccc(F)cc2s1)c1ccc(Cl)c([N+](=O)[O-])c1. The number of fused-ring (bicyclic) bond motifs is 1. The Morgan fingerprint density at radius 2 is 2.09 bits per heavy atom. The normalized spacial score (nSPS) is 10.7. The van der Waals surface area contributed by atoms with Gasteiger partial charge in [-0.1, -0.05) is 22.9 Å². The third kappa shape index (κ3) is 3.13. The minimum Gasteiger partial charge on any atom is -0.298 e. The maximum absolute atomic E-state index is 13.1. The van der Waals surface area contributed by atoms with E-state index < -0.39 is 16.6 Å². The molecule has 1 N–H and O–H groups in total. The van der Waals surface area contributed by atoms with Crippen molar-refractivity contribution in [2.45, 2.75) is 0 Å². The van der Waals surface area contributed by atoms with Gasteiger partial charge < -0.3 is 0 Å². The van der Waals surface area contributed by atoms with Gasteiger partial charge in [0.2, 0.25) is 0 Å². The second-order valence-electron chi connectivity index (χ2n) is 4.51. The van der Waals surface area contributed by atoms with Gasteiger partial charge in [-0.2, -0.15) is 0 Å².